The zero-order chi connectivity index (χ0) is 21.5. The van der Waals surface area contributed by atoms with Gasteiger partial charge in [0.25, 0.3) is 0 Å². The molecule has 32 heavy (non-hydrogen) atoms. The van der Waals surface area contributed by atoms with E-state index >= 15 is 0 Å². The molecule has 2 aromatic heterocycles. The Morgan fingerprint density at radius 1 is 0.969 bits per heavy atom. The second-order valence-corrected chi connectivity index (χ2v) is 8.58. The predicted octanol–water partition coefficient (Wildman–Crippen LogP) is 4.68. The molecule has 0 radical (unpaired) electrons. The third-order valence-corrected chi connectivity index (χ3v) is 6.76. The molecule has 0 spiro atoms. The first-order valence-electron chi connectivity index (χ1n) is 11.1. The van der Waals surface area contributed by atoms with Crippen LogP contribution in [0.2, 0.25) is 0 Å². The lowest BCUT2D eigenvalue weighted by Crippen LogP contribution is -2.39. The van der Waals surface area contributed by atoms with Gasteiger partial charge in [-0.05, 0) is 46.7 Å². The van der Waals surface area contributed by atoms with Gasteiger partial charge in [-0.25, -0.2) is 0 Å². The minimum atomic E-state index is 0.00534. The summed E-state index contributed by atoms with van der Waals surface area (Å²) in [7, 11) is 0. The third-order valence-electron chi connectivity index (χ3n) is 6.76. The molecule has 0 saturated carbocycles. The van der Waals surface area contributed by atoms with Gasteiger partial charge in [0.05, 0.1) is 6.26 Å². The third kappa shape index (κ3) is 3.23. The number of carbonyl (C=O) groups is 1. The Morgan fingerprint density at radius 3 is 2.38 bits per heavy atom. The van der Waals surface area contributed by atoms with Gasteiger partial charge in [-0.3, -0.25) is 4.79 Å². The summed E-state index contributed by atoms with van der Waals surface area (Å²) in [5.41, 5.74) is 5.72. The van der Waals surface area contributed by atoms with E-state index in [0.717, 1.165) is 6.42 Å². The van der Waals surface area contributed by atoms with E-state index in [1.54, 1.807) is 18.4 Å². The number of rotatable bonds is 6. The molecule has 7 rings (SSSR count). The highest BCUT2D eigenvalue weighted by atomic mass is 16.5. The van der Waals surface area contributed by atoms with E-state index < -0.39 is 0 Å². The van der Waals surface area contributed by atoms with Gasteiger partial charge in [0.1, 0.15) is 0 Å². The molecule has 1 N–H and O–H groups in total. The molecule has 0 aliphatic heterocycles. The zero-order valence-corrected chi connectivity index (χ0v) is 17.5. The first-order valence-corrected chi connectivity index (χ1v) is 11.1. The number of hydrogen-bond donors (Lipinski definition) is 1. The molecule has 160 valence electrons. The molecule has 0 saturated heterocycles. The lowest BCUT2D eigenvalue weighted by Gasteiger charge is -2.45. The number of hydrogen-bond acceptors (Lipinski definition) is 5. The van der Waals surface area contributed by atoms with Crippen LogP contribution in [0.5, 0.6) is 0 Å². The Morgan fingerprint density at radius 2 is 1.69 bits per heavy atom. The fourth-order valence-electron chi connectivity index (χ4n) is 5.38. The van der Waals surface area contributed by atoms with Crippen molar-refractivity contribution in [3.05, 3.63) is 95.1 Å². The average Bonchev–Trinajstić information content (AvgIpc) is 3.54. The summed E-state index contributed by atoms with van der Waals surface area (Å²) < 4.78 is 10.5. The maximum Gasteiger partial charge on any atom is 0.238 e. The molecule has 1 amide bonds. The number of carbonyl (C=O) groups excluding carboxylic acids is 1. The average molecular weight is 425 g/mol. The highest BCUT2D eigenvalue weighted by Crippen LogP contribution is 2.55. The van der Waals surface area contributed by atoms with Crippen LogP contribution >= 0.6 is 0 Å². The van der Waals surface area contributed by atoms with Crippen molar-refractivity contribution < 1.29 is 13.7 Å². The zero-order valence-electron chi connectivity index (χ0n) is 17.5. The highest BCUT2D eigenvalue weighted by molar-refractivity contribution is 5.76. The Balaban J connectivity index is 1.11. The largest absolute Gasteiger partial charge is 0.461 e. The van der Waals surface area contributed by atoms with Crippen molar-refractivity contribution >= 4 is 5.91 Å². The van der Waals surface area contributed by atoms with E-state index in [-0.39, 0.29) is 5.91 Å². The van der Waals surface area contributed by atoms with Crippen LogP contribution in [0.4, 0.5) is 0 Å². The molecule has 0 fully saturated rings. The van der Waals surface area contributed by atoms with Gasteiger partial charge >= 0.3 is 0 Å². The summed E-state index contributed by atoms with van der Waals surface area (Å²) in [6, 6.07) is 21.1. The fraction of sp³-hybridized carbons (Fsp3) is 0.269. The molecule has 3 aliphatic rings. The first-order chi connectivity index (χ1) is 15.8. The summed E-state index contributed by atoms with van der Waals surface area (Å²) in [5.74, 6) is 2.53. The van der Waals surface area contributed by atoms with Gasteiger partial charge in [0, 0.05) is 31.2 Å². The van der Waals surface area contributed by atoms with Gasteiger partial charge in [-0.1, -0.05) is 53.7 Å². The second-order valence-electron chi connectivity index (χ2n) is 8.58. The number of aryl methyl sites for hydroxylation is 1. The lowest BCUT2D eigenvalue weighted by molar-refractivity contribution is -0.121. The van der Waals surface area contributed by atoms with Gasteiger partial charge in [0.2, 0.25) is 17.6 Å². The van der Waals surface area contributed by atoms with Crippen molar-refractivity contribution in [1.82, 2.24) is 15.5 Å². The second kappa shape index (κ2) is 7.79. The SMILES string of the molecule is O=C(CCc1nc(-c2ccco2)no1)NCC1CC2c3ccccc3C1c1ccccc12. The van der Waals surface area contributed by atoms with E-state index in [1.807, 2.05) is 0 Å². The molecule has 1 atom stereocenters. The quantitative estimate of drug-likeness (QED) is 0.485. The van der Waals surface area contributed by atoms with Crippen LogP contribution in [0.25, 0.3) is 11.6 Å². The summed E-state index contributed by atoms with van der Waals surface area (Å²) >= 11 is 0. The number of aromatic nitrogens is 2. The Kier molecular flexibility index (Phi) is 4.63. The van der Waals surface area contributed by atoms with Crippen molar-refractivity contribution in [3.63, 3.8) is 0 Å². The summed E-state index contributed by atoms with van der Waals surface area (Å²) in [5, 5.41) is 7.07. The molecule has 6 heteroatoms. The van der Waals surface area contributed by atoms with Crippen molar-refractivity contribution in [2.24, 2.45) is 5.92 Å². The van der Waals surface area contributed by atoms with Crippen LogP contribution in [-0.2, 0) is 11.2 Å². The lowest BCUT2D eigenvalue weighted by atomic mass is 9.59. The molecule has 2 aromatic carbocycles. The Labute approximate surface area is 185 Å². The molecular weight excluding hydrogens is 402 g/mol. The molecular formula is C26H23N3O3. The Hall–Kier alpha value is -3.67. The monoisotopic (exact) mass is 425 g/mol. The van der Waals surface area contributed by atoms with E-state index in [2.05, 4.69) is 64.0 Å². The molecule has 6 nitrogen and oxygen atoms in total. The maximum atomic E-state index is 12.6. The van der Waals surface area contributed by atoms with Crippen LogP contribution in [0.3, 0.4) is 0 Å². The van der Waals surface area contributed by atoms with Crippen LogP contribution in [0.1, 0.15) is 52.8 Å². The van der Waals surface area contributed by atoms with Crippen LogP contribution < -0.4 is 5.32 Å². The van der Waals surface area contributed by atoms with Crippen molar-refractivity contribution in [1.29, 1.82) is 0 Å². The number of furan rings is 1. The Bertz CT molecular complexity index is 1210. The van der Waals surface area contributed by atoms with Crippen molar-refractivity contribution in [3.8, 4) is 11.6 Å². The number of nitrogens with one attached hydrogen (secondary N) is 1. The molecule has 4 aromatic rings. The molecule has 1 unspecified atom stereocenters. The van der Waals surface area contributed by atoms with Crippen molar-refractivity contribution in [2.75, 3.05) is 6.54 Å². The topological polar surface area (TPSA) is 81.2 Å². The maximum absolute atomic E-state index is 12.6. The summed E-state index contributed by atoms with van der Waals surface area (Å²) in [6.07, 6.45) is 3.35. The van der Waals surface area contributed by atoms with Crippen molar-refractivity contribution in [2.45, 2.75) is 31.1 Å². The smallest absolute Gasteiger partial charge is 0.238 e. The normalized spacial score (nSPS) is 20.6. The molecule has 2 heterocycles. The predicted molar refractivity (Wildman–Crippen MR) is 118 cm³/mol. The minimum Gasteiger partial charge on any atom is -0.461 e. The number of benzene rings is 2. The van der Waals surface area contributed by atoms with E-state index in [4.69, 9.17) is 8.94 Å². The molecule has 3 aliphatic carbocycles. The first kappa shape index (κ1) is 19.0. The van der Waals surface area contributed by atoms with Gasteiger partial charge in [0.15, 0.2) is 5.76 Å². The van der Waals surface area contributed by atoms with Crippen LogP contribution in [-0.4, -0.2) is 22.6 Å². The summed E-state index contributed by atoms with van der Waals surface area (Å²) in [4.78, 5) is 16.9. The number of nitrogens with zero attached hydrogens (tertiary/aromatic N) is 2. The highest BCUT2D eigenvalue weighted by Gasteiger charge is 2.42. The van der Waals surface area contributed by atoms with E-state index in [1.165, 1.54) is 22.3 Å². The number of amides is 1. The fourth-order valence-corrected chi connectivity index (χ4v) is 5.38. The van der Waals surface area contributed by atoms with Gasteiger partial charge in [-0.15, -0.1) is 0 Å². The minimum absolute atomic E-state index is 0.00534. The van der Waals surface area contributed by atoms with E-state index in [9.17, 15) is 4.79 Å². The van der Waals surface area contributed by atoms with Gasteiger partial charge in [-0.2, -0.15) is 4.98 Å². The van der Waals surface area contributed by atoms with E-state index in [0.29, 0.717) is 54.6 Å². The van der Waals surface area contributed by atoms with Crippen LogP contribution in [0.15, 0.2) is 75.9 Å². The van der Waals surface area contributed by atoms with Crippen LogP contribution in [0, 0.1) is 5.92 Å². The molecule has 2 bridgehead atoms. The van der Waals surface area contributed by atoms with Gasteiger partial charge < -0.3 is 14.3 Å². The summed E-state index contributed by atoms with van der Waals surface area (Å²) in [6.45, 7) is 0.671. The standard InChI is InChI=1S/C26H23N3O3/c30-23(11-12-24-28-26(29-32-24)22-10-5-13-31-22)27-15-16-14-21-17-6-1-3-8-19(17)25(16)20-9-4-2-7-18(20)21/h1-10,13,16,21,25H,11-12,14-15H2,(H,27,30). The number of fused-ring (bicyclic) bond motifs is 1.